The van der Waals surface area contributed by atoms with Crippen LogP contribution < -0.4 is 0 Å². The van der Waals surface area contributed by atoms with Crippen LogP contribution in [0.2, 0.25) is 0 Å². The summed E-state index contributed by atoms with van der Waals surface area (Å²) in [7, 11) is 0. The molecule has 0 aliphatic carbocycles. The van der Waals surface area contributed by atoms with Gasteiger partial charge in [0.25, 0.3) is 0 Å². The summed E-state index contributed by atoms with van der Waals surface area (Å²) < 4.78 is 116. The molecule has 3 heterocycles. The molecule has 0 saturated heterocycles. The number of hydrogen-bond acceptors (Lipinski definition) is 3. The third-order valence-corrected chi connectivity index (χ3v) is 7.18. The largest absolute Gasteiger partial charge is 0.501 e. The van der Waals surface area contributed by atoms with E-state index < -0.39 is 39.2 Å². The van der Waals surface area contributed by atoms with Crippen molar-refractivity contribution in [3.8, 4) is 33.6 Å². The molecular weight excluding hydrogens is 753 g/mol. The van der Waals surface area contributed by atoms with Crippen molar-refractivity contribution in [1.29, 1.82) is 0 Å². The van der Waals surface area contributed by atoms with Crippen molar-refractivity contribution in [3.63, 3.8) is 0 Å². The summed E-state index contributed by atoms with van der Waals surface area (Å²) >= 11 is 0. The summed E-state index contributed by atoms with van der Waals surface area (Å²) in [6, 6.07) is 30.7. The first kappa shape index (κ1) is 20.1. The zero-order valence-electron chi connectivity index (χ0n) is 40.0. The van der Waals surface area contributed by atoms with E-state index in [0.717, 1.165) is 10.8 Å². The van der Waals surface area contributed by atoms with E-state index in [1.807, 2.05) is 30.3 Å². The molecule has 47 heavy (non-hydrogen) atoms. The Morgan fingerprint density at radius 3 is 2.28 bits per heavy atom. The molecule has 3 nitrogen and oxygen atoms in total. The van der Waals surface area contributed by atoms with Crippen molar-refractivity contribution in [2.24, 2.45) is 5.41 Å². The molecule has 3 aromatic heterocycles. The molecule has 239 valence electrons. The number of pyridine rings is 2. The van der Waals surface area contributed by atoms with Crippen LogP contribution in [0.4, 0.5) is 0 Å². The molecule has 0 spiro atoms. The number of fused-ring (bicyclic) bond motifs is 3. The predicted molar refractivity (Wildman–Crippen MR) is 192 cm³/mol. The van der Waals surface area contributed by atoms with Crippen LogP contribution in [0.15, 0.2) is 108 Å². The number of aromatic nitrogens is 2. The fraction of sp³-hybridized carbons (Fsp3) is 0.209. The van der Waals surface area contributed by atoms with Gasteiger partial charge in [0, 0.05) is 57.1 Å². The molecule has 0 aliphatic rings. The Labute approximate surface area is 312 Å². The fourth-order valence-corrected chi connectivity index (χ4v) is 5.12. The van der Waals surface area contributed by atoms with Crippen molar-refractivity contribution < 1.29 is 43.7 Å². The Kier molecular flexibility index (Phi) is 6.06. The van der Waals surface area contributed by atoms with E-state index in [1.54, 1.807) is 45.0 Å². The van der Waals surface area contributed by atoms with Crippen LogP contribution in [0, 0.1) is 45.0 Å². The van der Waals surface area contributed by atoms with Gasteiger partial charge in [-0.25, -0.2) is 0 Å². The number of furan rings is 1. The average molecular weight is 807 g/mol. The maximum atomic E-state index is 8.67. The van der Waals surface area contributed by atoms with Crippen molar-refractivity contribution in [1.82, 2.24) is 9.97 Å². The molecule has 1 radical (unpaired) electrons. The third-order valence-electron chi connectivity index (χ3n) is 7.18. The van der Waals surface area contributed by atoms with Crippen LogP contribution in [-0.2, 0) is 26.5 Å². The van der Waals surface area contributed by atoms with Crippen molar-refractivity contribution >= 4 is 21.9 Å². The van der Waals surface area contributed by atoms with Gasteiger partial charge in [0.15, 0.2) is 0 Å². The summed E-state index contributed by atoms with van der Waals surface area (Å²) in [6.07, 6.45) is 0.708. The first-order valence-corrected chi connectivity index (χ1v) is 14.7. The Bertz CT molecular complexity index is 2600. The topological polar surface area (TPSA) is 38.9 Å². The molecule has 7 aromatic rings. The fourth-order valence-electron chi connectivity index (χ4n) is 5.12. The zero-order valence-corrected chi connectivity index (χ0v) is 28.3. The standard InChI is InChI=1S/C30H28NO.C13H12N.Ir/c1-19-15-21(17-30(3,4)5)13-14-22(19)26-16-27(31-18-20(26)2)25-11-8-10-24-23-9-6-7-12-28(23)32-29(24)25;1-10-3-6-12(7-4-10)13-8-5-11(2)9-14-13;/h6-10,12-16,18H,17H2,1-5H3;3-6,8-9H,1-2H3;/q2*-1;/i1D3,2D3,17D2;1D3,2D3;. The quantitative estimate of drug-likeness (QED) is 0.166. The Balaban J connectivity index is 0.000000282. The summed E-state index contributed by atoms with van der Waals surface area (Å²) in [5.74, 6) is 0. The van der Waals surface area contributed by atoms with Crippen molar-refractivity contribution in [2.75, 3.05) is 0 Å². The zero-order chi connectivity index (χ0) is 44.2. The van der Waals surface area contributed by atoms with Crippen LogP contribution in [0.1, 0.15) is 67.8 Å². The van der Waals surface area contributed by atoms with E-state index in [2.05, 4.69) is 22.1 Å². The first-order valence-electron chi connectivity index (χ1n) is 21.7. The van der Waals surface area contributed by atoms with Gasteiger partial charge >= 0.3 is 0 Å². The summed E-state index contributed by atoms with van der Waals surface area (Å²) in [4.78, 5) is 8.53. The second kappa shape index (κ2) is 14.2. The molecule has 4 aromatic carbocycles. The van der Waals surface area contributed by atoms with Crippen LogP contribution in [0.5, 0.6) is 0 Å². The van der Waals surface area contributed by atoms with Crippen molar-refractivity contribution in [2.45, 2.75) is 54.6 Å². The predicted octanol–water partition coefficient (Wildman–Crippen LogP) is 11.5. The molecule has 0 unspecified atom stereocenters. The van der Waals surface area contributed by atoms with Gasteiger partial charge in [-0.3, -0.25) is 0 Å². The number of benzene rings is 4. The summed E-state index contributed by atoms with van der Waals surface area (Å²) in [5, 5.41) is 1.77. The van der Waals surface area contributed by atoms with Gasteiger partial charge in [-0.2, -0.15) is 0 Å². The Morgan fingerprint density at radius 2 is 1.55 bits per heavy atom. The molecule has 0 saturated carbocycles. The number of aryl methyl sites for hydroxylation is 4. The Morgan fingerprint density at radius 1 is 0.745 bits per heavy atom. The minimum atomic E-state index is -2.64. The molecule has 0 atom stereocenters. The normalized spacial score (nSPS) is 17.0. The molecule has 0 bridgehead atoms. The first-order chi connectivity index (χ1) is 27.7. The van der Waals surface area contributed by atoms with E-state index >= 15 is 0 Å². The van der Waals surface area contributed by atoms with Gasteiger partial charge in [0.2, 0.25) is 0 Å². The van der Waals surface area contributed by atoms with E-state index in [1.165, 1.54) is 48.8 Å². The third kappa shape index (κ3) is 7.79. The van der Waals surface area contributed by atoms with E-state index in [9.17, 15) is 0 Å². The number of nitrogens with zero attached hydrogens (tertiary/aromatic N) is 2. The van der Waals surface area contributed by atoms with Gasteiger partial charge in [-0.1, -0.05) is 93.2 Å². The summed E-state index contributed by atoms with van der Waals surface area (Å²) in [6.45, 7) is -4.33. The van der Waals surface area contributed by atoms with Crippen LogP contribution in [0.25, 0.3) is 55.6 Å². The molecule has 0 fully saturated rings. The smallest absolute Gasteiger partial charge is 0.120 e. The minimum absolute atomic E-state index is 0. The van der Waals surface area contributed by atoms with Gasteiger partial charge in [0.05, 0.1) is 5.58 Å². The monoisotopic (exact) mass is 807 g/mol. The molecular formula is C43H40IrN2O-2. The SMILES string of the molecule is [2H]C([2H])([2H])c1c[c-]c(-c2ccc(C([2H])([2H])[2H])cn2)cc1.[2H]C([2H])([2H])c1cnc(-c2[c-]ccc3c2oc2ccccc23)cc1-c1ccc(C([2H])([2H])C(C)(C)C)cc1C([2H])([2H])[2H].[Ir]. The second-order valence-electron chi connectivity index (χ2n) is 11.9. The van der Waals surface area contributed by atoms with Crippen LogP contribution in [-0.4, -0.2) is 9.97 Å². The van der Waals surface area contributed by atoms with Gasteiger partial charge in [0.1, 0.15) is 5.58 Å². The number of hydrogen-bond donors (Lipinski definition) is 0. The van der Waals surface area contributed by atoms with Crippen molar-refractivity contribution in [3.05, 3.63) is 143 Å². The Hall–Kier alpha value is -4.37. The summed E-state index contributed by atoms with van der Waals surface area (Å²) in [5.41, 5.74) is 3.18. The van der Waals surface area contributed by atoms with Gasteiger partial charge < -0.3 is 14.4 Å². The van der Waals surface area contributed by atoms with Crippen LogP contribution >= 0.6 is 0 Å². The van der Waals surface area contributed by atoms with Gasteiger partial charge in [-0.15, -0.1) is 53.6 Å². The maximum absolute atomic E-state index is 8.67. The number of rotatable bonds is 4. The maximum Gasteiger partial charge on any atom is 0.120 e. The average Bonchev–Trinajstić information content (AvgIpc) is 3.55. The van der Waals surface area contributed by atoms with E-state index in [0.29, 0.717) is 33.7 Å². The van der Waals surface area contributed by atoms with E-state index in [-0.39, 0.29) is 59.0 Å². The van der Waals surface area contributed by atoms with Crippen LogP contribution in [0.3, 0.4) is 0 Å². The molecule has 7 rings (SSSR count). The van der Waals surface area contributed by atoms with E-state index in [4.69, 9.17) is 23.6 Å². The second-order valence-corrected chi connectivity index (χ2v) is 11.9. The molecule has 0 N–H and O–H groups in total. The molecule has 4 heteroatoms. The minimum Gasteiger partial charge on any atom is -0.501 e. The molecule has 0 amide bonds. The number of para-hydroxylation sites is 1. The molecule has 0 aliphatic heterocycles. The van der Waals surface area contributed by atoms with Gasteiger partial charge in [-0.05, 0) is 83.2 Å².